The molecule has 0 saturated carbocycles. The second-order valence-corrected chi connectivity index (χ2v) is 8.00. The summed E-state index contributed by atoms with van der Waals surface area (Å²) in [4.78, 5) is 31.5. The monoisotopic (exact) mass is 380 g/mol. The van der Waals surface area contributed by atoms with Crippen LogP contribution in [0.1, 0.15) is 29.3 Å². The maximum Gasteiger partial charge on any atom is 0.262 e. The zero-order chi connectivity index (χ0) is 18.8. The molecule has 0 bridgehead atoms. The lowest BCUT2D eigenvalue weighted by atomic mass is 9.89. The van der Waals surface area contributed by atoms with E-state index in [9.17, 15) is 9.59 Å². The molecule has 0 aliphatic heterocycles. The molecule has 6 nitrogen and oxygen atoms in total. The third-order valence-electron chi connectivity index (χ3n) is 4.80. The summed E-state index contributed by atoms with van der Waals surface area (Å²) >= 11 is 1.61. The molecule has 1 aliphatic rings. The van der Waals surface area contributed by atoms with Crippen LogP contribution in [0.2, 0.25) is 0 Å². The van der Waals surface area contributed by atoms with Crippen LogP contribution in [-0.4, -0.2) is 21.7 Å². The average Bonchev–Trinajstić information content (AvgIpc) is 3.03. The lowest BCUT2D eigenvalue weighted by molar-refractivity contribution is -0.121. The van der Waals surface area contributed by atoms with Gasteiger partial charge in [-0.3, -0.25) is 14.2 Å². The van der Waals surface area contributed by atoms with Crippen LogP contribution in [-0.2, 0) is 24.2 Å². The van der Waals surface area contributed by atoms with Crippen molar-refractivity contribution in [3.05, 3.63) is 63.0 Å². The zero-order valence-electron chi connectivity index (χ0n) is 15.0. The SMILES string of the molecule is C[C@@H]1CCc2c(sc3ncn(CC(=O)N/N=C\c4ccccc4)c(=O)c23)C1. The lowest BCUT2D eigenvalue weighted by Crippen LogP contribution is -2.30. The molecule has 0 spiro atoms. The van der Waals surface area contributed by atoms with Crippen LogP contribution in [0.15, 0.2) is 46.6 Å². The first-order valence-electron chi connectivity index (χ1n) is 8.98. The summed E-state index contributed by atoms with van der Waals surface area (Å²) in [5, 5.41) is 4.63. The first kappa shape index (κ1) is 17.6. The summed E-state index contributed by atoms with van der Waals surface area (Å²) in [5.74, 6) is 0.282. The molecule has 1 atom stereocenters. The Morgan fingerprint density at radius 3 is 3.04 bits per heavy atom. The number of amides is 1. The van der Waals surface area contributed by atoms with Gasteiger partial charge in [0.2, 0.25) is 0 Å². The molecule has 138 valence electrons. The van der Waals surface area contributed by atoms with E-state index in [0.29, 0.717) is 11.3 Å². The zero-order valence-corrected chi connectivity index (χ0v) is 15.8. The molecule has 1 aliphatic carbocycles. The number of carbonyl (C=O) groups is 1. The van der Waals surface area contributed by atoms with Crippen molar-refractivity contribution in [3.8, 4) is 0 Å². The average molecular weight is 380 g/mol. The quantitative estimate of drug-likeness (QED) is 0.558. The van der Waals surface area contributed by atoms with Crippen LogP contribution >= 0.6 is 11.3 Å². The fraction of sp³-hybridized carbons (Fsp3) is 0.300. The van der Waals surface area contributed by atoms with E-state index < -0.39 is 0 Å². The van der Waals surface area contributed by atoms with Crippen molar-refractivity contribution in [2.75, 3.05) is 0 Å². The molecule has 0 unspecified atom stereocenters. The number of thiophene rings is 1. The minimum Gasteiger partial charge on any atom is -0.289 e. The van der Waals surface area contributed by atoms with E-state index in [2.05, 4.69) is 22.4 Å². The van der Waals surface area contributed by atoms with Crippen LogP contribution in [0.4, 0.5) is 0 Å². The minimum atomic E-state index is -0.358. The van der Waals surface area contributed by atoms with Gasteiger partial charge in [0.25, 0.3) is 11.5 Å². The predicted octanol–water partition coefficient (Wildman–Crippen LogP) is 2.73. The maximum absolute atomic E-state index is 12.9. The van der Waals surface area contributed by atoms with E-state index in [-0.39, 0.29) is 18.0 Å². The number of hydrazone groups is 1. The van der Waals surface area contributed by atoms with E-state index in [1.165, 1.54) is 15.8 Å². The number of nitrogens with one attached hydrogen (secondary N) is 1. The van der Waals surface area contributed by atoms with Gasteiger partial charge in [-0.25, -0.2) is 10.4 Å². The van der Waals surface area contributed by atoms with Crippen molar-refractivity contribution in [1.29, 1.82) is 0 Å². The Labute approximate surface area is 160 Å². The summed E-state index contributed by atoms with van der Waals surface area (Å²) < 4.78 is 1.36. The molecule has 0 fully saturated rings. The second kappa shape index (κ2) is 7.44. The second-order valence-electron chi connectivity index (χ2n) is 6.91. The third-order valence-corrected chi connectivity index (χ3v) is 5.96. The summed E-state index contributed by atoms with van der Waals surface area (Å²) in [6, 6.07) is 9.48. The largest absolute Gasteiger partial charge is 0.289 e. The number of benzene rings is 1. The van der Waals surface area contributed by atoms with Crippen LogP contribution in [0.25, 0.3) is 10.2 Å². The van der Waals surface area contributed by atoms with Crippen molar-refractivity contribution < 1.29 is 4.79 Å². The molecule has 7 heteroatoms. The standard InChI is InChI=1S/C20H20N4O2S/c1-13-7-8-15-16(9-13)27-19-18(15)20(26)24(12-21-19)11-17(25)23-22-10-14-5-3-2-4-6-14/h2-6,10,12-13H,7-9,11H2,1H3,(H,23,25)/b22-10-/t13-/m1/s1. The highest BCUT2D eigenvalue weighted by Gasteiger charge is 2.23. The van der Waals surface area contributed by atoms with Crippen molar-refractivity contribution in [1.82, 2.24) is 15.0 Å². The summed E-state index contributed by atoms with van der Waals surface area (Å²) in [7, 11) is 0. The Bertz CT molecular complexity index is 1070. The van der Waals surface area contributed by atoms with Crippen LogP contribution in [0.3, 0.4) is 0 Å². The Balaban J connectivity index is 1.52. The van der Waals surface area contributed by atoms with Gasteiger partial charge in [-0.1, -0.05) is 37.3 Å². The Kier molecular flexibility index (Phi) is 4.85. The summed E-state index contributed by atoms with van der Waals surface area (Å²) in [6.07, 6.45) is 6.02. The van der Waals surface area contributed by atoms with Gasteiger partial charge < -0.3 is 0 Å². The fourth-order valence-corrected chi connectivity index (χ4v) is 4.73. The maximum atomic E-state index is 12.9. The molecular weight excluding hydrogens is 360 g/mol. The van der Waals surface area contributed by atoms with Gasteiger partial charge in [0.1, 0.15) is 11.4 Å². The van der Waals surface area contributed by atoms with E-state index in [4.69, 9.17) is 0 Å². The van der Waals surface area contributed by atoms with Gasteiger partial charge in [0.05, 0.1) is 17.9 Å². The van der Waals surface area contributed by atoms with Crippen molar-refractivity contribution in [3.63, 3.8) is 0 Å². The molecule has 2 heterocycles. The van der Waals surface area contributed by atoms with Crippen molar-refractivity contribution in [2.24, 2.45) is 11.0 Å². The number of hydrogen-bond acceptors (Lipinski definition) is 5. The van der Waals surface area contributed by atoms with Crippen LogP contribution in [0.5, 0.6) is 0 Å². The molecule has 3 aromatic rings. The first-order chi connectivity index (χ1) is 13.1. The predicted molar refractivity (Wildman–Crippen MR) is 107 cm³/mol. The molecule has 1 amide bonds. The highest BCUT2D eigenvalue weighted by molar-refractivity contribution is 7.18. The van der Waals surface area contributed by atoms with Crippen LogP contribution < -0.4 is 11.0 Å². The van der Waals surface area contributed by atoms with Gasteiger partial charge in [0, 0.05) is 4.88 Å². The number of nitrogens with zero attached hydrogens (tertiary/aromatic N) is 3. The molecule has 1 N–H and O–H groups in total. The lowest BCUT2D eigenvalue weighted by Gasteiger charge is -2.17. The number of carbonyl (C=O) groups excluding carboxylic acids is 1. The van der Waals surface area contributed by atoms with Gasteiger partial charge in [0.15, 0.2) is 0 Å². The highest BCUT2D eigenvalue weighted by Crippen LogP contribution is 2.35. The van der Waals surface area contributed by atoms with E-state index >= 15 is 0 Å². The number of hydrogen-bond donors (Lipinski definition) is 1. The summed E-state index contributed by atoms with van der Waals surface area (Å²) in [5.41, 5.74) is 4.33. The number of aryl methyl sites for hydroxylation is 1. The minimum absolute atomic E-state index is 0.102. The summed E-state index contributed by atoms with van der Waals surface area (Å²) in [6.45, 7) is 2.13. The molecule has 27 heavy (non-hydrogen) atoms. The molecule has 0 saturated heterocycles. The third kappa shape index (κ3) is 3.68. The van der Waals surface area contributed by atoms with E-state index in [0.717, 1.165) is 35.2 Å². The van der Waals surface area contributed by atoms with E-state index in [1.54, 1.807) is 17.6 Å². The van der Waals surface area contributed by atoms with Gasteiger partial charge in [-0.2, -0.15) is 5.10 Å². The van der Waals surface area contributed by atoms with Gasteiger partial charge in [-0.05, 0) is 36.3 Å². The first-order valence-corrected chi connectivity index (χ1v) is 9.80. The molecular formula is C20H20N4O2S. The fourth-order valence-electron chi connectivity index (χ4n) is 3.39. The van der Waals surface area contributed by atoms with Gasteiger partial charge in [-0.15, -0.1) is 11.3 Å². The Hall–Kier alpha value is -2.80. The molecule has 1 aromatic carbocycles. The Morgan fingerprint density at radius 2 is 2.22 bits per heavy atom. The van der Waals surface area contributed by atoms with Crippen molar-refractivity contribution >= 4 is 33.7 Å². The molecule has 4 rings (SSSR count). The molecule has 2 aromatic heterocycles. The van der Waals surface area contributed by atoms with E-state index in [1.807, 2.05) is 30.3 Å². The van der Waals surface area contributed by atoms with Crippen molar-refractivity contribution in [2.45, 2.75) is 32.7 Å². The topological polar surface area (TPSA) is 76.3 Å². The number of rotatable bonds is 4. The highest BCUT2D eigenvalue weighted by atomic mass is 32.1. The smallest absolute Gasteiger partial charge is 0.262 e. The number of aromatic nitrogens is 2. The normalized spacial score (nSPS) is 16.6. The molecule has 0 radical (unpaired) electrons. The number of fused-ring (bicyclic) bond motifs is 3. The Morgan fingerprint density at radius 1 is 1.41 bits per heavy atom. The van der Waals surface area contributed by atoms with Crippen LogP contribution in [0, 0.1) is 5.92 Å². The van der Waals surface area contributed by atoms with Gasteiger partial charge >= 0.3 is 0 Å².